The van der Waals surface area contributed by atoms with Crippen molar-refractivity contribution in [2.75, 3.05) is 5.73 Å². The summed E-state index contributed by atoms with van der Waals surface area (Å²) < 4.78 is 2.33. The molecular formula is C13H15N5S. The molecule has 2 N–H and O–H groups in total. The summed E-state index contributed by atoms with van der Waals surface area (Å²) in [6.45, 7) is 0. The van der Waals surface area contributed by atoms with E-state index in [1.165, 1.54) is 31.5 Å². The minimum absolute atomic E-state index is 0.613. The molecule has 0 saturated heterocycles. The maximum absolute atomic E-state index is 5.66. The van der Waals surface area contributed by atoms with E-state index in [9.17, 15) is 0 Å². The second kappa shape index (κ2) is 4.23. The molecule has 0 bridgehead atoms. The van der Waals surface area contributed by atoms with Gasteiger partial charge in [0, 0.05) is 12.0 Å². The minimum atomic E-state index is 0.613. The van der Waals surface area contributed by atoms with Crippen LogP contribution in [0, 0.1) is 0 Å². The van der Waals surface area contributed by atoms with Gasteiger partial charge in [0.1, 0.15) is 10.9 Å². The van der Waals surface area contributed by atoms with Gasteiger partial charge >= 0.3 is 0 Å². The molecule has 4 rings (SSSR count). The zero-order chi connectivity index (χ0) is 12.8. The summed E-state index contributed by atoms with van der Waals surface area (Å²) in [6, 6.07) is 4.42. The second-order valence-corrected chi connectivity index (χ2v) is 6.24. The van der Waals surface area contributed by atoms with E-state index in [1.807, 2.05) is 12.1 Å². The van der Waals surface area contributed by atoms with E-state index in [0.717, 1.165) is 10.2 Å². The van der Waals surface area contributed by atoms with Crippen molar-refractivity contribution in [3.8, 4) is 0 Å². The Bertz CT molecular complexity index is 598. The first kappa shape index (κ1) is 11.3. The van der Waals surface area contributed by atoms with Crippen LogP contribution in [0.4, 0.5) is 5.69 Å². The second-order valence-electron chi connectivity index (χ2n) is 5.25. The van der Waals surface area contributed by atoms with Crippen LogP contribution in [0.3, 0.4) is 0 Å². The fourth-order valence-electron chi connectivity index (χ4n) is 2.20. The van der Waals surface area contributed by atoms with Crippen LogP contribution in [0.25, 0.3) is 0 Å². The van der Waals surface area contributed by atoms with Crippen LogP contribution in [-0.4, -0.2) is 19.7 Å². The van der Waals surface area contributed by atoms with Gasteiger partial charge in [0.15, 0.2) is 5.16 Å². The maximum atomic E-state index is 5.66. The number of nitrogens with zero attached hydrogens (tertiary/aromatic N) is 4. The summed E-state index contributed by atoms with van der Waals surface area (Å²) in [7, 11) is 0. The smallest absolute Gasteiger partial charge is 0.197 e. The van der Waals surface area contributed by atoms with Crippen molar-refractivity contribution in [1.29, 1.82) is 0 Å². The molecule has 2 aliphatic rings. The first-order chi connectivity index (χ1) is 9.31. The molecule has 0 atom stereocenters. The standard InChI is InChI=1S/C13H15N5S/c14-9-3-6-11(15-7-9)19-13-17-16-12(8-1-2-8)18(13)10-4-5-10/h3,6-8,10H,1-2,4-5,14H2. The molecular weight excluding hydrogens is 258 g/mol. The Hall–Kier alpha value is -1.56. The monoisotopic (exact) mass is 273 g/mol. The predicted octanol–water partition coefficient (Wildman–Crippen LogP) is 2.62. The summed E-state index contributed by atoms with van der Waals surface area (Å²) in [6.07, 6.45) is 6.70. The number of hydrogen-bond donors (Lipinski definition) is 1. The van der Waals surface area contributed by atoms with Gasteiger partial charge in [-0.2, -0.15) is 0 Å². The molecule has 2 heterocycles. The molecule has 0 spiro atoms. The minimum Gasteiger partial charge on any atom is -0.397 e. The highest BCUT2D eigenvalue weighted by Gasteiger charge is 2.36. The fraction of sp³-hybridized carbons (Fsp3) is 0.462. The number of anilines is 1. The fourth-order valence-corrected chi connectivity index (χ4v) is 3.05. The lowest BCUT2D eigenvalue weighted by atomic mass is 10.4. The van der Waals surface area contributed by atoms with Crippen molar-refractivity contribution >= 4 is 17.4 Å². The van der Waals surface area contributed by atoms with Crippen LogP contribution < -0.4 is 5.73 Å². The van der Waals surface area contributed by atoms with Gasteiger partial charge in [-0.3, -0.25) is 0 Å². The Morgan fingerprint density at radius 2 is 2.00 bits per heavy atom. The molecule has 2 aromatic rings. The quantitative estimate of drug-likeness (QED) is 0.927. The van der Waals surface area contributed by atoms with Crippen molar-refractivity contribution in [3.05, 3.63) is 24.2 Å². The SMILES string of the molecule is Nc1ccc(Sc2nnc(C3CC3)n2C2CC2)nc1. The number of aromatic nitrogens is 4. The average molecular weight is 273 g/mol. The molecule has 2 aromatic heterocycles. The maximum Gasteiger partial charge on any atom is 0.197 e. The summed E-state index contributed by atoms with van der Waals surface area (Å²) in [5.74, 6) is 1.82. The molecule has 0 amide bonds. The molecule has 2 fully saturated rings. The lowest BCUT2D eigenvalue weighted by Gasteiger charge is -2.07. The van der Waals surface area contributed by atoms with Gasteiger partial charge in [0.2, 0.25) is 0 Å². The Balaban J connectivity index is 1.65. The Morgan fingerprint density at radius 1 is 1.16 bits per heavy atom. The molecule has 0 unspecified atom stereocenters. The van der Waals surface area contributed by atoms with Gasteiger partial charge in [0.05, 0.1) is 11.9 Å². The van der Waals surface area contributed by atoms with Crippen LogP contribution in [0.5, 0.6) is 0 Å². The molecule has 0 radical (unpaired) electrons. The highest BCUT2D eigenvalue weighted by Crippen LogP contribution is 2.46. The van der Waals surface area contributed by atoms with Crippen molar-refractivity contribution in [2.24, 2.45) is 0 Å². The van der Waals surface area contributed by atoms with Crippen LogP contribution in [0.1, 0.15) is 43.5 Å². The van der Waals surface area contributed by atoms with Gasteiger partial charge < -0.3 is 10.3 Å². The molecule has 2 saturated carbocycles. The highest BCUT2D eigenvalue weighted by atomic mass is 32.2. The van der Waals surface area contributed by atoms with E-state index in [2.05, 4.69) is 19.7 Å². The molecule has 5 nitrogen and oxygen atoms in total. The van der Waals surface area contributed by atoms with Crippen molar-refractivity contribution in [1.82, 2.24) is 19.7 Å². The summed E-state index contributed by atoms with van der Waals surface area (Å²) in [5, 5.41) is 10.6. The zero-order valence-electron chi connectivity index (χ0n) is 10.5. The average Bonchev–Trinajstić information content (AvgIpc) is 3.32. The molecule has 19 heavy (non-hydrogen) atoms. The Labute approximate surface area is 115 Å². The normalized spacial score (nSPS) is 18.7. The molecule has 2 aliphatic carbocycles. The van der Waals surface area contributed by atoms with Crippen molar-refractivity contribution in [3.63, 3.8) is 0 Å². The molecule has 6 heteroatoms. The highest BCUT2D eigenvalue weighted by molar-refractivity contribution is 7.99. The van der Waals surface area contributed by atoms with E-state index in [-0.39, 0.29) is 0 Å². The number of nitrogens with two attached hydrogens (primary N) is 1. The summed E-state index contributed by atoms with van der Waals surface area (Å²) >= 11 is 1.58. The first-order valence-electron chi connectivity index (χ1n) is 6.65. The molecule has 0 aliphatic heterocycles. The topological polar surface area (TPSA) is 69.6 Å². The summed E-state index contributed by atoms with van der Waals surface area (Å²) in [5.41, 5.74) is 6.34. The Kier molecular flexibility index (Phi) is 2.51. The van der Waals surface area contributed by atoms with Gasteiger partial charge in [0.25, 0.3) is 0 Å². The van der Waals surface area contributed by atoms with Crippen LogP contribution in [0.2, 0.25) is 0 Å². The lowest BCUT2D eigenvalue weighted by molar-refractivity contribution is 0.626. The Morgan fingerprint density at radius 3 is 2.63 bits per heavy atom. The van der Waals surface area contributed by atoms with Crippen LogP contribution in [0.15, 0.2) is 28.5 Å². The number of nitrogen functional groups attached to an aromatic ring is 1. The van der Waals surface area contributed by atoms with Gasteiger partial charge in [-0.1, -0.05) is 0 Å². The van der Waals surface area contributed by atoms with Gasteiger partial charge in [-0.15, -0.1) is 10.2 Å². The number of rotatable bonds is 4. The van der Waals surface area contributed by atoms with E-state index in [1.54, 1.807) is 18.0 Å². The van der Waals surface area contributed by atoms with E-state index < -0.39 is 0 Å². The lowest BCUT2D eigenvalue weighted by Crippen LogP contribution is -2.01. The van der Waals surface area contributed by atoms with Gasteiger partial charge in [-0.05, 0) is 49.6 Å². The van der Waals surface area contributed by atoms with Crippen molar-refractivity contribution < 1.29 is 0 Å². The summed E-state index contributed by atoms with van der Waals surface area (Å²) in [4.78, 5) is 4.32. The number of pyridine rings is 1. The van der Waals surface area contributed by atoms with E-state index in [0.29, 0.717) is 17.6 Å². The largest absolute Gasteiger partial charge is 0.397 e. The van der Waals surface area contributed by atoms with Crippen molar-refractivity contribution in [2.45, 2.75) is 47.8 Å². The van der Waals surface area contributed by atoms with Crippen LogP contribution in [-0.2, 0) is 0 Å². The third kappa shape index (κ3) is 2.20. The number of hydrogen-bond acceptors (Lipinski definition) is 5. The third-order valence-electron chi connectivity index (χ3n) is 3.50. The van der Waals surface area contributed by atoms with Crippen LogP contribution >= 0.6 is 11.8 Å². The van der Waals surface area contributed by atoms with E-state index in [4.69, 9.17) is 5.73 Å². The third-order valence-corrected chi connectivity index (χ3v) is 4.41. The molecule has 98 valence electrons. The molecule has 0 aromatic carbocycles. The first-order valence-corrected chi connectivity index (χ1v) is 7.47. The zero-order valence-corrected chi connectivity index (χ0v) is 11.3. The van der Waals surface area contributed by atoms with Gasteiger partial charge in [-0.25, -0.2) is 4.98 Å². The van der Waals surface area contributed by atoms with E-state index >= 15 is 0 Å². The predicted molar refractivity (Wildman–Crippen MR) is 73.0 cm³/mol.